The fraction of sp³-hybridized carbons (Fsp3) is 0.0909. The fourth-order valence-electron chi connectivity index (χ4n) is 2.93. The Labute approximate surface area is 162 Å². The second kappa shape index (κ2) is 7.84. The van der Waals surface area contributed by atoms with Crippen LogP contribution in [0, 0.1) is 0 Å². The van der Waals surface area contributed by atoms with Crippen LogP contribution in [0.1, 0.15) is 6.92 Å². The third-order valence-corrected chi connectivity index (χ3v) is 4.21. The summed E-state index contributed by atoms with van der Waals surface area (Å²) in [6.45, 7) is 2.54. The molecule has 2 amide bonds. The largest absolute Gasteiger partial charge is 0.494 e. The molecular weight excluding hydrogens is 352 g/mol. The van der Waals surface area contributed by atoms with Gasteiger partial charge < -0.3 is 20.4 Å². The zero-order valence-electron chi connectivity index (χ0n) is 15.4. The molecule has 140 valence electrons. The number of urea groups is 1. The van der Waals surface area contributed by atoms with Crippen LogP contribution in [0.2, 0.25) is 0 Å². The normalized spacial score (nSPS) is 10.6. The first-order valence-corrected chi connectivity index (χ1v) is 9.07. The molecule has 0 aliphatic carbocycles. The van der Waals surface area contributed by atoms with Crippen molar-refractivity contribution < 1.29 is 9.53 Å². The van der Waals surface area contributed by atoms with Crippen LogP contribution in [0.3, 0.4) is 0 Å². The van der Waals surface area contributed by atoms with E-state index in [1.54, 1.807) is 12.1 Å². The number of anilines is 2. The predicted molar refractivity (Wildman–Crippen MR) is 112 cm³/mol. The van der Waals surface area contributed by atoms with Gasteiger partial charge >= 0.3 is 6.03 Å². The molecule has 4 rings (SSSR count). The number of para-hydroxylation sites is 2. The maximum atomic E-state index is 12.3. The van der Waals surface area contributed by atoms with Crippen molar-refractivity contribution in [2.45, 2.75) is 6.92 Å². The van der Waals surface area contributed by atoms with Crippen LogP contribution in [-0.2, 0) is 0 Å². The summed E-state index contributed by atoms with van der Waals surface area (Å²) in [5, 5.41) is 5.66. The number of carbonyl (C=O) groups excluding carboxylic acids is 1. The van der Waals surface area contributed by atoms with E-state index in [0.29, 0.717) is 18.0 Å². The number of fused-ring (bicyclic) bond motifs is 1. The first kappa shape index (κ1) is 17.6. The zero-order chi connectivity index (χ0) is 19.3. The lowest BCUT2D eigenvalue weighted by Gasteiger charge is -2.09. The Morgan fingerprint density at radius 3 is 2.54 bits per heavy atom. The summed E-state index contributed by atoms with van der Waals surface area (Å²) in [7, 11) is 0. The zero-order valence-corrected chi connectivity index (χ0v) is 15.4. The number of ether oxygens (including phenoxy) is 1. The van der Waals surface area contributed by atoms with E-state index >= 15 is 0 Å². The number of aromatic amines is 1. The molecule has 0 aliphatic heterocycles. The van der Waals surface area contributed by atoms with Gasteiger partial charge in [-0.2, -0.15) is 0 Å². The number of nitrogens with one attached hydrogen (secondary N) is 3. The molecule has 28 heavy (non-hydrogen) atoms. The fourth-order valence-corrected chi connectivity index (χ4v) is 2.93. The Hall–Kier alpha value is -3.80. The van der Waals surface area contributed by atoms with Crippen molar-refractivity contribution in [3.8, 4) is 17.1 Å². The molecule has 0 saturated carbocycles. The van der Waals surface area contributed by atoms with Gasteiger partial charge in [0.2, 0.25) is 0 Å². The number of hydrogen-bond donors (Lipinski definition) is 3. The van der Waals surface area contributed by atoms with Crippen LogP contribution in [0.4, 0.5) is 16.2 Å². The highest BCUT2D eigenvalue weighted by Gasteiger charge is 2.08. The van der Waals surface area contributed by atoms with E-state index in [1.807, 2.05) is 67.6 Å². The van der Waals surface area contributed by atoms with Crippen molar-refractivity contribution in [3.05, 3.63) is 72.8 Å². The third kappa shape index (κ3) is 3.96. The first-order valence-electron chi connectivity index (χ1n) is 9.07. The van der Waals surface area contributed by atoms with Crippen molar-refractivity contribution >= 4 is 28.4 Å². The molecule has 3 aromatic carbocycles. The van der Waals surface area contributed by atoms with E-state index in [2.05, 4.69) is 20.6 Å². The average Bonchev–Trinajstić information content (AvgIpc) is 3.14. The highest BCUT2D eigenvalue weighted by Crippen LogP contribution is 2.23. The van der Waals surface area contributed by atoms with Crippen LogP contribution < -0.4 is 15.4 Å². The Balaban J connectivity index is 1.46. The minimum Gasteiger partial charge on any atom is -0.494 e. The second-order valence-corrected chi connectivity index (χ2v) is 6.22. The first-order chi connectivity index (χ1) is 13.7. The lowest BCUT2D eigenvalue weighted by atomic mass is 10.2. The van der Waals surface area contributed by atoms with Gasteiger partial charge in [-0.3, -0.25) is 0 Å². The molecule has 0 fully saturated rings. The minimum absolute atomic E-state index is 0.314. The highest BCUT2D eigenvalue weighted by molar-refractivity contribution is 6.00. The molecule has 0 saturated heterocycles. The van der Waals surface area contributed by atoms with Crippen LogP contribution in [0.15, 0.2) is 72.8 Å². The summed E-state index contributed by atoms with van der Waals surface area (Å²) < 4.78 is 5.40. The monoisotopic (exact) mass is 372 g/mol. The molecule has 3 N–H and O–H groups in total. The lowest BCUT2D eigenvalue weighted by molar-refractivity contribution is 0.262. The quantitative estimate of drug-likeness (QED) is 0.446. The number of H-pyrrole nitrogens is 1. The molecule has 1 heterocycles. The Kier molecular flexibility index (Phi) is 4.93. The molecule has 0 aliphatic rings. The molecule has 1 aromatic heterocycles. The van der Waals surface area contributed by atoms with Crippen LogP contribution in [0.25, 0.3) is 22.4 Å². The average molecular weight is 372 g/mol. The van der Waals surface area contributed by atoms with Crippen molar-refractivity contribution in [2.24, 2.45) is 0 Å². The number of nitrogens with zero attached hydrogens (tertiary/aromatic N) is 1. The van der Waals surface area contributed by atoms with Crippen LogP contribution in [-0.4, -0.2) is 22.6 Å². The number of aromatic nitrogens is 2. The standard InChI is InChI=1S/C22H20N4O2/c1-2-28-18-12-10-16(11-13-18)23-22(27)24-17-7-5-6-15(14-17)21-25-19-8-3-4-9-20(19)26-21/h3-14H,2H2,1H3,(H,25,26)(H2,23,24,27). The predicted octanol–water partition coefficient (Wildman–Crippen LogP) is 5.27. The van der Waals surface area contributed by atoms with Gasteiger partial charge in [-0.1, -0.05) is 24.3 Å². The van der Waals surface area contributed by atoms with Gasteiger partial charge in [0, 0.05) is 16.9 Å². The molecule has 0 spiro atoms. The van der Waals surface area contributed by atoms with Gasteiger partial charge in [-0.25, -0.2) is 9.78 Å². The molecule has 0 unspecified atom stereocenters. The molecule has 0 bridgehead atoms. The van der Waals surface area contributed by atoms with Crippen LogP contribution >= 0.6 is 0 Å². The number of benzene rings is 3. The van der Waals surface area contributed by atoms with Gasteiger partial charge in [0.1, 0.15) is 11.6 Å². The summed E-state index contributed by atoms with van der Waals surface area (Å²) in [4.78, 5) is 20.2. The summed E-state index contributed by atoms with van der Waals surface area (Å²) in [6, 6.07) is 22.4. The minimum atomic E-state index is -0.314. The second-order valence-electron chi connectivity index (χ2n) is 6.22. The van der Waals surface area contributed by atoms with E-state index < -0.39 is 0 Å². The molecule has 6 heteroatoms. The van der Waals surface area contributed by atoms with Crippen molar-refractivity contribution in [3.63, 3.8) is 0 Å². The van der Waals surface area contributed by atoms with Gasteiger partial charge in [0.05, 0.1) is 17.6 Å². The Morgan fingerprint density at radius 2 is 1.75 bits per heavy atom. The summed E-state index contributed by atoms with van der Waals surface area (Å²) in [5.41, 5.74) is 4.15. The van der Waals surface area contributed by atoms with Crippen molar-refractivity contribution in [1.82, 2.24) is 9.97 Å². The van der Waals surface area contributed by atoms with Crippen molar-refractivity contribution in [2.75, 3.05) is 17.2 Å². The SMILES string of the molecule is CCOc1ccc(NC(=O)Nc2cccc(-c3nc4ccccc4[nH]3)c2)cc1. The van der Waals surface area contributed by atoms with E-state index in [-0.39, 0.29) is 6.03 Å². The highest BCUT2D eigenvalue weighted by atomic mass is 16.5. The molecule has 6 nitrogen and oxygen atoms in total. The summed E-state index contributed by atoms with van der Waals surface area (Å²) in [6.07, 6.45) is 0. The molecule has 4 aromatic rings. The lowest BCUT2D eigenvalue weighted by Crippen LogP contribution is -2.19. The van der Waals surface area contributed by atoms with E-state index in [9.17, 15) is 4.79 Å². The van der Waals surface area contributed by atoms with E-state index in [1.165, 1.54) is 0 Å². The maximum absolute atomic E-state index is 12.3. The van der Waals surface area contributed by atoms with E-state index in [0.717, 1.165) is 28.2 Å². The summed E-state index contributed by atoms with van der Waals surface area (Å²) in [5.74, 6) is 1.53. The molecular formula is C22H20N4O2. The van der Waals surface area contributed by atoms with Gasteiger partial charge in [-0.15, -0.1) is 0 Å². The summed E-state index contributed by atoms with van der Waals surface area (Å²) >= 11 is 0. The number of rotatable bonds is 5. The van der Waals surface area contributed by atoms with Crippen LogP contribution in [0.5, 0.6) is 5.75 Å². The van der Waals surface area contributed by atoms with Gasteiger partial charge in [-0.05, 0) is 55.5 Å². The molecule has 0 radical (unpaired) electrons. The Bertz CT molecular complexity index is 1070. The smallest absolute Gasteiger partial charge is 0.323 e. The number of amides is 2. The Morgan fingerprint density at radius 1 is 0.964 bits per heavy atom. The topological polar surface area (TPSA) is 79.0 Å². The number of carbonyl (C=O) groups is 1. The number of imidazole rings is 1. The van der Waals surface area contributed by atoms with E-state index in [4.69, 9.17) is 4.74 Å². The van der Waals surface area contributed by atoms with Gasteiger partial charge in [0.15, 0.2) is 0 Å². The van der Waals surface area contributed by atoms with Gasteiger partial charge in [0.25, 0.3) is 0 Å². The van der Waals surface area contributed by atoms with Crippen molar-refractivity contribution in [1.29, 1.82) is 0 Å². The molecule has 0 atom stereocenters. The number of hydrogen-bond acceptors (Lipinski definition) is 3. The maximum Gasteiger partial charge on any atom is 0.323 e. The third-order valence-electron chi connectivity index (χ3n) is 4.21.